The van der Waals surface area contributed by atoms with Gasteiger partial charge in [-0.3, -0.25) is 14.9 Å². The predicted molar refractivity (Wildman–Crippen MR) is 146 cm³/mol. The molecule has 0 aliphatic carbocycles. The number of barbiturate groups is 1. The van der Waals surface area contributed by atoms with Crippen LogP contribution in [0.1, 0.15) is 16.7 Å². The molecule has 4 rings (SSSR count). The van der Waals surface area contributed by atoms with Gasteiger partial charge in [-0.25, -0.2) is 9.69 Å². The van der Waals surface area contributed by atoms with Gasteiger partial charge in [0.25, 0.3) is 11.8 Å². The first-order valence-electron chi connectivity index (χ1n) is 11.5. The van der Waals surface area contributed by atoms with E-state index in [4.69, 9.17) is 20.5 Å². The number of ether oxygens (including phenoxy) is 1. The van der Waals surface area contributed by atoms with Crippen LogP contribution in [0.4, 0.5) is 10.5 Å². The maximum atomic E-state index is 13.2. The fourth-order valence-electron chi connectivity index (χ4n) is 3.86. The summed E-state index contributed by atoms with van der Waals surface area (Å²) in [6.07, 6.45) is 2.99. The molecule has 1 heterocycles. The molecule has 0 radical (unpaired) electrons. The van der Waals surface area contributed by atoms with E-state index in [0.717, 1.165) is 10.5 Å². The molecule has 0 bridgehead atoms. The third-order valence-electron chi connectivity index (χ3n) is 5.72. The van der Waals surface area contributed by atoms with E-state index < -0.39 is 28.0 Å². The van der Waals surface area contributed by atoms with E-state index in [2.05, 4.69) is 11.9 Å². The van der Waals surface area contributed by atoms with Crippen molar-refractivity contribution in [2.45, 2.75) is 18.2 Å². The smallest absolute Gasteiger partial charge is 0.339 e. The molecule has 39 heavy (non-hydrogen) atoms. The highest BCUT2D eigenvalue weighted by molar-refractivity contribution is 7.87. The maximum absolute atomic E-state index is 13.2. The van der Waals surface area contributed by atoms with Gasteiger partial charge in [-0.1, -0.05) is 41.4 Å². The summed E-state index contributed by atoms with van der Waals surface area (Å²) in [7, 11) is -2.88. The first-order valence-corrected chi connectivity index (χ1v) is 13.3. The minimum atomic E-state index is -4.21. The van der Waals surface area contributed by atoms with Crippen molar-refractivity contribution >= 4 is 51.3 Å². The van der Waals surface area contributed by atoms with Crippen LogP contribution in [0.5, 0.6) is 11.5 Å². The van der Waals surface area contributed by atoms with E-state index in [1.807, 2.05) is 6.92 Å². The number of urea groups is 1. The largest absolute Gasteiger partial charge is 0.493 e. The van der Waals surface area contributed by atoms with Gasteiger partial charge in [-0.2, -0.15) is 8.42 Å². The first kappa shape index (κ1) is 27.6. The van der Waals surface area contributed by atoms with Crippen LogP contribution in [0.3, 0.4) is 0 Å². The summed E-state index contributed by atoms with van der Waals surface area (Å²) in [6.45, 7) is 5.54. The van der Waals surface area contributed by atoms with Crippen molar-refractivity contribution in [3.05, 3.63) is 101 Å². The highest BCUT2D eigenvalue weighted by Gasteiger charge is 2.37. The Hall–Kier alpha value is -4.41. The second kappa shape index (κ2) is 11.1. The lowest BCUT2D eigenvalue weighted by Gasteiger charge is -2.26. The van der Waals surface area contributed by atoms with E-state index in [9.17, 15) is 22.8 Å². The number of nitrogens with zero attached hydrogens (tertiary/aromatic N) is 1. The molecular weight excluding hydrogens is 544 g/mol. The van der Waals surface area contributed by atoms with Gasteiger partial charge < -0.3 is 8.92 Å². The Morgan fingerprint density at radius 1 is 1.05 bits per heavy atom. The number of rotatable bonds is 8. The number of benzene rings is 3. The number of hydrogen-bond acceptors (Lipinski definition) is 7. The predicted octanol–water partition coefficient (Wildman–Crippen LogP) is 4.82. The molecule has 0 spiro atoms. The average Bonchev–Trinajstić information content (AvgIpc) is 2.88. The van der Waals surface area contributed by atoms with Crippen LogP contribution in [0.25, 0.3) is 6.08 Å². The molecule has 9 nitrogen and oxygen atoms in total. The van der Waals surface area contributed by atoms with Crippen LogP contribution in [-0.2, 0) is 26.1 Å². The number of allylic oxidation sites excluding steroid dienone is 1. The molecule has 200 valence electrons. The van der Waals surface area contributed by atoms with Crippen LogP contribution < -0.4 is 19.1 Å². The van der Waals surface area contributed by atoms with Crippen LogP contribution in [0.15, 0.2) is 83.8 Å². The van der Waals surface area contributed by atoms with Crippen molar-refractivity contribution in [1.29, 1.82) is 0 Å². The SMILES string of the molecule is C=CCc1cc(/C=C2\C(=O)NC(=O)N(c3cccc(Cl)c3)C2=O)cc(OC)c1OS(=O)(=O)c1ccc(C)cc1. The van der Waals surface area contributed by atoms with Crippen LogP contribution >= 0.6 is 11.6 Å². The monoisotopic (exact) mass is 566 g/mol. The summed E-state index contributed by atoms with van der Waals surface area (Å²) in [6, 6.07) is 14.3. The molecule has 4 amide bonds. The molecular formula is C28H23ClN2O7S. The van der Waals surface area contributed by atoms with Gasteiger partial charge in [-0.15, -0.1) is 6.58 Å². The molecule has 11 heteroatoms. The number of methoxy groups -OCH3 is 1. The fourth-order valence-corrected chi connectivity index (χ4v) is 5.02. The van der Waals surface area contributed by atoms with E-state index in [-0.39, 0.29) is 34.1 Å². The summed E-state index contributed by atoms with van der Waals surface area (Å²) in [4.78, 5) is 39.1. The summed E-state index contributed by atoms with van der Waals surface area (Å²) >= 11 is 6.01. The molecule has 1 aliphatic heterocycles. The molecule has 0 unspecified atom stereocenters. The van der Waals surface area contributed by atoms with Crippen molar-refractivity contribution in [2.24, 2.45) is 0 Å². The van der Waals surface area contributed by atoms with Crippen molar-refractivity contribution < 1.29 is 31.7 Å². The normalized spacial score (nSPS) is 14.8. The number of amides is 4. The molecule has 1 aliphatic rings. The van der Waals surface area contributed by atoms with Gasteiger partial charge in [0.2, 0.25) is 0 Å². The average molecular weight is 567 g/mol. The minimum Gasteiger partial charge on any atom is -0.493 e. The molecule has 1 saturated heterocycles. The lowest BCUT2D eigenvalue weighted by molar-refractivity contribution is -0.122. The van der Waals surface area contributed by atoms with Gasteiger partial charge in [0.1, 0.15) is 10.5 Å². The highest BCUT2D eigenvalue weighted by atomic mass is 35.5. The third-order valence-corrected chi connectivity index (χ3v) is 7.19. The number of anilines is 1. The summed E-state index contributed by atoms with van der Waals surface area (Å²) < 4.78 is 36.9. The highest BCUT2D eigenvalue weighted by Crippen LogP contribution is 2.37. The molecule has 1 fully saturated rings. The van der Waals surface area contributed by atoms with Crippen molar-refractivity contribution in [3.63, 3.8) is 0 Å². The first-order chi connectivity index (χ1) is 18.5. The number of halogens is 1. The Bertz CT molecular complexity index is 1630. The van der Waals surface area contributed by atoms with E-state index in [1.165, 1.54) is 55.7 Å². The lowest BCUT2D eigenvalue weighted by atomic mass is 10.0. The Labute approximate surface area is 230 Å². The van der Waals surface area contributed by atoms with Crippen molar-refractivity contribution in [2.75, 3.05) is 12.0 Å². The Morgan fingerprint density at radius 2 is 1.77 bits per heavy atom. The summed E-state index contributed by atoms with van der Waals surface area (Å²) in [5.41, 5.74) is 1.43. The number of carbonyl (C=O) groups excluding carboxylic acids is 3. The van der Waals surface area contributed by atoms with Crippen LogP contribution in [-0.4, -0.2) is 33.4 Å². The van der Waals surface area contributed by atoms with Crippen LogP contribution in [0.2, 0.25) is 5.02 Å². The summed E-state index contributed by atoms with van der Waals surface area (Å²) in [5, 5.41) is 2.44. The van der Waals surface area contributed by atoms with Crippen molar-refractivity contribution in [3.8, 4) is 11.5 Å². The molecule has 1 N–H and O–H groups in total. The van der Waals surface area contributed by atoms with Gasteiger partial charge in [-0.05, 0) is 67.4 Å². The second-order valence-electron chi connectivity index (χ2n) is 8.49. The molecule has 3 aromatic rings. The van der Waals surface area contributed by atoms with E-state index >= 15 is 0 Å². The lowest BCUT2D eigenvalue weighted by Crippen LogP contribution is -2.54. The zero-order chi connectivity index (χ0) is 28.3. The molecule has 0 aromatic heterocycles. The molecule has 0 saturated carbocycles. The Balaban J connectivity index is 1.76. The quantitative estimate of drug-likeness (QED) is 0.180. The standard InChI is InChI=1S/C28H23ClN2O7S/c1-4-6-19-13-18(15-24(37-3)25(19)38-39(35,36)22-11-9-17(2)10-12-22)14-23-26(32)30-28(34)31(27(23)33)21-8-5-7-20(29)16-21/h4-5,7-16H,1,6H2,2-3H3,(H,30,32,34)/b23-14+. The zero-order valence-electron chi connectivity index (χ0n) is 20.9. The summed E-state index contributed by atoms with van der Waals surface area (Å²) in [5.74, 6) is -1.77. The Kier molecular flexibility index (Phi) is 7.89. The zero-order valence-corrected chi connectivity index (χ0v) is 22.5. The van der Waals surface area contributed by atoms with Gasteiger partial charge in [0, 0.05) is 10.6 Å². The number of aryl methyl sites for hydroxylation is 1. The fraction of sp³-hybridized carbons (Fsp3) is 0.107. The van der Waals surface area contributed by atoms with E-state index in [1.54, 1.807) is 24.3 Å². The van der Waals surface area contributed by atoms with Gasteiger partial charge in [0.05, 0.1) is 12.8 Å². The van der Waals surface area contributed by atoms with E-state index in [0.29, 0.717) is 16.1 Å². The maximum Gasteiger partial charge on any atom is 0.339 e. The topological polar surface area (TPSA) is 119 Å². The van der Waals surface area contributed by atoms with Crippen LogP contribution in [0, 0.1) is 6.92 Å². The molecule has 3 aromatic carbocycles. The van der Waals surface area contributed by atoms with Crippen molar-refractivity contribution in [1.82, 2.24) is 5.32 Å². The number of imide groups is 2. The number of carbonyl (C=O) groups is 3. The van der Waals surface area contributed by atoms with Gasteiger partial charge in [0.15, 0.2) is 11.5 Å². The minimum absolute atomic E-state index is 0.0406. The van der Waals surface area contributed by atoms with Gasteiger partial charge >= 0.3 is 16.1 Å². The second-order valence-corrected chi connectivity index (χ2v) is 10.5. The third kappa shape index (κ3) is 5.87. The Morgan fingerprint density at radius 3 is 2.41 bits per heavy atom. The number of hydrogen-bond donors (Lipinski definition) is 1. The number of nitrogens with one attached hydrogen (secondary N) is 1. The molecule has 0 atom stereocenters.